The first kappa shape index (κ1) is 25.3. The second kappa shape index (κ2) is 10.2. The molecular formula is C26H28FN9O2. The molecule has 4 aromatic rings. The Balaban J connectivity index is 1.48. The van der Waals surface area contributed by atoms with E-state index in [-0.39, 0.29) is 18.2 Å². The SMILES string of the molecule is CC(C)(O)[C@H](F)CNC(=O)c1cnc(-c2ccc3cc(C#N)cnn23)cc1Nc1cnn(C2CCNC2)c1. The van der Waals surface area contributed by atoms with E-state index in [1.807, 2.05) is 23.0 Å². The highest BCUT2D eigenvalue weighted by atomic mass is 19.1. The van der Waals surface area contributed by atoms with Gasteiger partial charge in [-0.05, 0) is 51.1 Å². The topological polar surface area (TPSA) is 145 Å². The lowest BCUT2D eigenvalue weighted by molar-refractivity contribution is -0.00177. The molecule has 0 aromatic carbocycles. The van der Waals surface area contributed by atoms with E-state index in [0.29, 0.717) is 28.3 Å². The molecule has 1 aliphatic rings. The number of nitriles is 1. The van der Waals surface area contributed by atoms with Gasteiger partial charge < -0.3 is 21.1 Å². The third-order valence-corrected chi connectivity index (χ3v) is 6.54. The predicted octanol–water partition coefficient (Wildman–Crippen LogP) is 2.58. The zero-order chi connectivity index (χ0) is 26.9. The number of hydrogen-bond donors (Lipinski definition) is 4. The Hall–Kier alpha value is -4.34. The molecule has 1 amide bonds. The smallest absolute Gasteiger partial charge is 0.255 e. The van der Waals surface area contributed by atoms with E-state index in [1.54, 1.807) is 22.8 Å². The van der Waals surface area contributed by atoms with Gasteiger partial charge >= 0.3 is 0 Å². The summed E-state index contributed by atoms with van der Waals surface area (Å²) >= 11 is 0. The van der Waals surface area contributed by atoms with Crippen molar-refractivity contribution in [3.63, 3.8) is 0 Å². The molecule has 4 aromatic heterocycles. The van der Waals surface area contributed by atoms with Crippen molar-refractivity contribution in [2.75, 3.05) is 25.0 Å². The largest absolute Gasteiger partial charge is 0.387 e. The van der Waals surface area contributed by atoms with Crippen LogP contribution < -0.4 is 16.0 Å². The zero-order valence-corrected chi connectivity index (χ0v) is 21.0. The lowest BCUT2D eigenvalue weighted by atomic mass is 10.0. The van der Waals surface area contributed by atoms with Gasteiger partial charge in [0.1, 0.15) is 12.2 Å². The number of aromatic nitrogens is 5. The quantitative estimate of drug-likeness (QED) is 0.279. The van der Waals surface area contributed by atoms with Crippen molar-refractivity contribution >= 4 is 22.8 Å². The summed E-state index contributed by atoms with van der Waals surface area (Å²) in [6.45, 7) is 4.10. The molecule has 5 rings (SSSR count). The van der Waals surface area contributed by atoms with Gasteiger partial charge in [-0.25, -0.2) is 8.91 Å². The first-order valence-electron chi connectivity index (χ1n) is 12.3. The third kappa shape index (κ3) is 5.20. The molecular weight excluding hydrogens is 489 g/mol. The van der Waals surface area contributed by atoms with Gasteiger partial charge in [0, 0.05) is 18.9 Å². The average molecular weight is 518 g/mol. The average Bonchev–Trinajstić information content (AvgIpc) is 3.67. The minimum atomic E-state index is -1.65. The van der Waals surface area contributed by atoms with Crippen molar-refractivity contribution < 1.29 is 14.3 Å². The predicted molar refractivity (Wildman–Crippen MR) is 139 cm³/mol. The molecule has 5 heterocycles. The fourth-order valence-electron chi connectivity index (χ4n) is 4.28. The second-order valence-corrected chi connectivity index (χ2v) is 9.84. The molecule has 0 saturated carbocycles. The summed E-state index contributed by atoms with van der Waals surface area (Å²) in [6, 6.07) is 9.43. The van der Waals surface area contributed by atoms with Crippen LogP contribution in [0.3, 0.4) is 0 Å². The van der Waals surface area contributed by atoms with E-state index in [4.69, 9.17) is 5.26 Å². The number of nitrogens with one attached hydrogen (secondary N) is 3. The monoisotopic (exact) mass is 517 g/mol. The van der Waals surface area contributed by atoms with Gasteiger partial charge in [-0.1, -0.05) is 0 Å². The number of amides is 1. The molecule has 196 valence electrons. The van der Waals surface area contributed by atoms with Crippen molar-refractivity contribution in [2.45, 2.75) is 38.1 Å². The van der Waals surface area contributed by atoms with Crippen LogP contribution in [-0.2, 0) is 0 Å². The van der Waals surface area contributed by atoms with Crippen LogP contribution in [0.15, 0.2) is 49.1 Å². The van der Waals surface area contributed by atoms with E-state index >= 15 is 0 Å². The summed E-state index contributed by atoms with van der Waals surface area (Å²) in [6.07, 6.45) is 5.77. The number of pyridine rings is 1. The molecule has 0 radical (unpaired) electrons. The number of fused-ring (bicyclic) bond motifs is 1. The van der Waals surface area contributed by atoms with Gasteiger partial charge in [0.25, 0.3) is 5.91 Å². The molecule has 1 fully saturated rings. The molecule has 1 unspecified atom stereocenters. The van der Waals surface area contributed by atoms with Crippen LogP contribution in [0.25, 0.3) is 16.9 Å². The third-order valence-electron chi connectivity index (χ3n) is 6.54. The summed E-state index contributed by atoms with van der Waals surface area (Å²) < 4.78 is 17.8. The number of halogens is 1. The molecule has 11 nitrogen and oxygen atoms in total. The van der Waals surface area contributed by atoms with E-state index in [2.05, 4.69) is 37.2 Å². The summed E-state index contributed by atoms with van der Waals surface area (Å²) in [5, 5.41) is 37.0. The van der Waals surface area contributed by atoms with Crippen molar-refractivity contribution in [2.24, 2.45) is 0 Å². The van der Waals surface area contributed by atoms with E-state index in [0.717, 1.165) is 25.0 Å². The second-order valence-electron chi connectivity index (χ2n) is 9.84. The van der Waals surface area contributed by atoms with Gasteiger partial charge in [0.2, 0.25) is 0 Å². The van der Waals surface area contributed by atoms with Gasteiger partial charge in [-0.2, -0.15) is 15.5 Å². The Labute approximate surface area is 218 Å². The van der Waals surface area contributed by atoms with E-state index in [1.165, 1.54) is 26.2 Å². The van der Waals surface area contributed by atoms with E-state index in [9.17, 15) is 14.3 Å². The lowest BCUT2D eigenvalue weighted by Crippen LogP contribution is -2.42. The maximum absolute atomic E-state index is 14.3. The maximum atomic E-state index is 14.3. The Morgan fingerprint density at radius 3 is 2.89 bits per heavy atom. The van der Waals surface area contributed by atoms with Crippen LogP contribution in [0, 0.1) is 11.3 Å². The number of aliphatic hydroxyl groups is 1. The van der Waals surface area contributed by atoms with Gasteiger partial charge in [-0.3, -0.25) is 14.5 Å². The van der Waals surface area contributed by atoms with Gasteiger partial charge in [-0.15, -0.1) is 0 Å². The van der Waals surface area contributed by atoms with Crippen LogP contribution in [0.5, 0.6) is 0 Å². The lowest BCUT2D eigenvalue weighted by Gasteiger charge is -2.22. The Morgan fingerprint density at radius 1 is 1.32 bits per heavy atom. The molecule has 38 heavy (non-hydrogen) atoms. The number of rotatable bonds is 8. The molecule has 2 atom stereocenters. The van der Waals surface area contributed by atoms with E-state index < -0.39 is 17.7 Å². The Kier molecular flexibility index (Phi) is 6.79. The number of hydrogen-bond acceptors (Lipinski definition) is 8. The van der Waals surface area contributed by atoms with Crippen molar-refractivity contribution in [3.05, 3.63) is 60.2 Å². The normalized spacial score (nSPS) is 16.3. The molecule has 1 saturated heterocycles. The highest BCUT2D eigenvalue weighted by molar-refractivity contribution is 6.00. The van der Waals surface area contributed by atoms with Crippen molar-refractivity contribution in [1.82, 2.24) is 35.0 Å². The number of anilines is 2. The minimum Gasteiger partial charge on any atom is -0.387 e. The Morgan fingerprint density at radius 2 is 2.16 bits per heavy atom. The minimum absolute atomic E-state index is 0.201. The Bertz CT molecular complexity index is 1510. The first-order chi connectivity index (χ1) is 18.2. The zero-order valence-electron chi connectivity index (χ0n) is 21.0. The fraction of sp³-hybridized carbons (Fsp3) is 0.346. The summed E-state index contributed by atoms with van der Waals surface area (Å²) in [7, 11) is 0. The first-order valence-corrected chi connectivity index (χ1v) is 12.3. The van der Waals surface area contributed by atoms with Gasteiger partial charge in [0.15, 0.2) is 0 Å². The summed E-state index contributed by atoms with van der Waals surface area (Å²) in [4.78, 5) is 17.5. The number of nitrogens with zero attached hydrogens (tertiary/aromatic N) is 6. The maximum Gasteiger partial charge on any atom is 0.255 e. The number of carbonyl (C=O) groups excluding carboxylic acids is 1. The molecule has 0 spiro atoms. The fourth-order valence-corrected chi connectivity index (χ4v) is 4.28. The highest BCUT2D eigenvalue weighted by Gasteiger charge is 2.27. The molecule has 12 heteroatoms. The highest BCUT2D eigenvalue weighted by Crippen LogP contribution is 2.28. The molecule has 4 N–H and O–H groups in total. The number of alkyl halides is 1. The number of carbonyl (C=O) groups is 1. The van der Waals surface area contributed by atoms with Crippen LogP contribution in [0.2, 0.25) is 0 Å². The molecule has 0 aliphatic carbocycles. The van der Waals surface area contributed by atoms with Crippen molar-refractivity contribution in [1.29, 1.82) is 5.26 Å². The summed E-state index contributed by atoms with van der Waals surface area (Å²) in [5.41, 5.74) is 2.10. The standard InChI is InChI=1S/C26H28FN9O2/c1-26(2,38)24(27)14-31-25(37)20-13-30-22(23-4-3-18-7-16(9-28)10-33-36(18)23)8-21(20)34-17-11-32-35(15-17)19-5-6-29-12-19/h3-4,7-8,10-11,13,15,19,24,29,38H,5-6,12,14H2,1-2H3,(H,30,34)(H,31,37)/t19?,24-/m1/s1. The van der Waals surface area contributed by atoms with Crippen LogP contribution in [-0.4, -0.2) is 66.8 Å². The molecule has 1 aliphatic heterocycles. The summed E-state index contributed by atoms with van der Waals surface area (Å²) in [5.74, 6) is -0.539. The molecule has 0 bridgehead atoms. The van der Waals surface area contributed by atoms with Crippen LogP contribution >= 0.6 is 0 Å². The van der Waals surface area contributed by atoms with Gasteiger partial charge in [0.05, 0.1) is 70.0 Å². The van der Waals surface area contributed by atoms with Crippen LogP contribution in [0.1, 0.15) is 42.2 Å². The van der Waals surface area contributed by atoms with Crippen molar-refractivity contribution in [3.8, 4) is 17.5 Å². The van der Waals surface area contributed by atoms with Crippen LogP contribution in [0.4, 0.5) is 15.8 Å².